The number of benzene rings is 1. The van der Waals surface area contributed by atoms with Crippen molar-refractivity contribution in [3.8, 4) is 0 Å². The molecule has 0 atom stereocenters. The first-order valence-electron chi connectivity index (χ1n) is 11.9. The summed E-state index contributed by atoms with van der Waals surface area (Å²) in [6.45, 7) is 2.84. The third kappa shape index (κ3) is 3.99. The van der Waals surface area contributed by atoms with Gasteiger partial charge in [0.15, 0.2) is 0 Å². The molecule has 2 aliphatic carbocycles. The van der Waals surface area contributed by atoms with Gasteiger partial charge in [-0.15, -0.1) is 16.9 Å². The van der Waals surface area contributed by atoms with E-state index in [1.807, 2.05) is 28.2 Å². The standard InChI is InChI=1S/C24H27F4N5OS/c1-35-18-3-2-16(19(25)5-18)4-15-6-22(7-15)10-31(11-22)21(34)32-12-23(13-32)8-17(9-23)33-14-29-20(30-33)24(26,27)28/h2-3,5,14-15,17H,4,6-13H2,1H3. The van der Waals surface area contributed by atoms with Gasteiger partial charge in [-0.2, -0.15) is 13.2 Å². The summed E-state index contributed by atoms with van der Waals surface area (Å²) in [7, 11) is 0. The summed E-state index contributed by atoms with van der Waals surface area (Å²) in [5, 5.41) is 3.58. The van der Waals surface area contributed by atoms with Crippen LogP contribution in [0.4, 0.5) is 22.4 Å². The van der Waals surface area contributed by atoms with E-state index in [1.165, 1.54) is 16.4 Å². The van der Waals surface area contributed by atoms with E-state index >= 15 is 0 Å². The number of amides is 2. The van der Waals surface area contributed by atoms with Crippen molar-refractivity contribution in [1.82, 2.24) is 24.6 Å². The lowest BCUT2D eigenvalue weighted by molar-refractivity contribution is -0.145. The smallest absolute Gasteiger partial charge is 0.323 e. The Morgan fingerprint density at radius 3 is 2.26 bits per heavy atom. The minimum absolute atomic E-state index is 0.00466. The number of halogens is 4. The molecule has 188 valence electrons. The molecule has 1 aromatic carbocycles. The Morgan fingerprint density at radius 2 is 1.71 bits per heavy atom. The van der Waals surface area contributed by atoms with Gasteiger partial charge in [0.1, 0.15) is 12.1 Å². The maximum absolute atomic E-state index is 14.3. The van der Waals surface area contributed by atoms with Crippen LogP contribution in [0.5, 0.6) is 0 Å². The Kier molecular flexibility index (Phi) is 5.18. The molecule has 0 N–H and O–H groups in total. The monoisotopic (exact) mass is 509 g/mol. The van der Waals surface area contributed by atoms with Crippen LogP contribution in [0.15, 0.2) is 29.4 Å². The number of alkyl halides is 3. The van der Waals surface area contributed by atoms with Crippen LogP contribution in [-0.2, 0) is 12.6 Å². The molecule has 2 aromatic rings. The highest BCUT2D eigenvalue weighted by Crippen LogP contribution is 2.56. The van der Waals surface area contributed by atoms with Crippen molar-refractivity contribution < 1.29 is 22.4 Å². The van der Waals surface area contributed by atoms with Crippen molar-refractivity contribution in [3.63, 3.8) is 0 Å². The second kappa shape index (κ2) is 7.85. The number of aromatic nitrogens is 3. The maximum Gasteiger partial charge on any atom is 0.453 e. The summed E-state index contributed by atoms with van der Waals surface area (Å²) >= 11 is 1.53. The van der Waals surface area contributed by atoms with E-state index in [9.17, 15) is 22.4 Å². The highest BCUT2D eigenvalue weighted by atomic mass is 32.2. The van der Waals surface area contributed by atoms with Gasteiger partial charge < -0.3 is 9.80 Å². The van der Waals surface area contributed by atoms with Crippen LogP contribution >= 0.6 is 11.8 Å². The Bertz CT molecular complexity index is 1140. The van der Waals surface area contributed by atoms with Gasteiger partial charge in [-0.1, -0.05) is 6.07 Å². The zero-order chi connectivity index (χ0) is 24.6. The Morgan fingerprint density at radius 1 is 1.09 bits per heavy atom. The molecule has 0 bridgehead atoms. The molecule has 2 amide bonds. The quantitative estimate of drug-likeness (QED) is 0.436. The van der Waals surface area contributed by atoms with Crippen LogP contribution < -0.4 is 0 Å². The predicted octanol–water partition coefficient (Wildman–Crippen LogP) is 4.87. The number of carbonyl (C=O) groups excluding carboxylic acids is 1. The lowest BCUT2D eigenvalue weighted by atomic mass is 9.56. The van der Waals surface area contributed by atoms with Gasteiger partial charge in [-0.3, -0.25) is 0 Å². The van der Waals surface area contributed by atoms with Crippen LogP contribution in [-0.4, -0.2) is 63.0 Å². The lowest BCUT2D eigenvalue weighted by Crippen LogP contribution is -2.71. The van der Waals surface area contributed by atoms with E-state index in [2.05, 4.69) is 10.1 Å². The highest BCUT2D eigenvalue weighted by Gasteiger charge is 2.58. The SMILES string of the molecule is CSc1ccc(CC2CC3(C2)CN(C(=O)N2CC4(CC(n5cnc(C(F)(F)F)n5)C4)C2)C3)c(F)c1. The number of hydrogen-bond acceptors (Lipinski definition) is 4. The molecule has 2 saturated heterocycles. The van der Waals surface area contributed by atoms with Crippen molar-refractivity contribution in [2.24, 2.45) is 16.7 Å². The summed E-state index contributed by atoms with van der Waals surface area (Å²) in [6.07, 6.45) is 2.81. The minimum Gasteiger partial charge on any atom is -0.323 e. The number of urea groups is 1. The zero-order valence-corrected chi connectivity index (χ0v) is 20.2. The van der Waals surface area contributed by atoms with Gasteiger partial charge in [0, 0.05) is 41.9 Å². The van der Waals surface area contributed by atoms with Gasteiger partial charge in [0.05, 0.1) is 6.04 Å². The first-order valence-corrected chi connectivity index (χ1v) is 13.1. The van der Waals surface area contributed by atoms with Crippen LogP contribution in [0.1, 0.15) is 43.1 Å². The third-order valence-corrected chi connectivity index (χ3v) is 9.06. The molecule has 0 unspecified atom stereocenters. The third-order valence-electron chi connectivity index (χ3n) is 8.33. The average molecular weight is 510 g/mol. The highest BCUT2D eigenvalue weighted by molar-refractivity contribution is 7.98. The minimum atomic E-state index is -4.53. The molecule has 6 rings (SSSR count). The summed E-state index contributed by atoms with van der Waals surface area (Å²) in [5.41, 5.74) is 0.980. The molecule has 2 saturated carbocycles. The molecule has 0 radical (unpaired) electrons. The second-order valence-corrected chi connectivity index (χ2v) is 11.9. The fraction of sp³-hybridized carbons (Fsp3) is 0.625. The predicted molar refractivity (Wildman–Crippen MR) is 121 cm³/mol. The van der Waals surface area contributed by atoms with E-state index in [1.54, 1.807) is 6.07 Å². The summed E-state index contributed by atoms with van der Waals surface area (Å²) in [6, 6.07) is 5.44. The van der Waals surface area contributed by atoms with E-state index in [0.717, 1.165) is 62.0 Å². The maximum atomic E-state index is 14.3. The first-order chi connectivity index (χ1) is 16.6. The van der Waals surface area contributed by atoms with Crippen molar-refractivity contribution in [1.29, 1.82) is 0 Å². The van der Waals surface area contributed by atoms with Crippen LogP contribution in [0.3, 0.4) is 0 Å². The Hall–Kier alpha value is -2.30. The summed E-state index contributed by atoms with van der Waals surface area (Å²) in [5.74, 6) is -0.763. The van der Waals surface area contributed by atoms with Gasteiger partial charge in [-0.05, 0) is 62.0 Å². The lowest BCUT2D eigenvalue weighted by Gasteiger charge is -2.63. The van der Waals surface area contributed by atoms with Crippen molar-refractivity contribution in [2.75, 3.05) is 32.4 Å². The van der Waals surface area contributed by atoms with Gasteiger partial charge in [0.25, 0.3) is 5.82 Å². The van der Waals surface area contributed by atoms with Gasteiger partial charge in [-0.25, -0.2) is 18.9 Å². The summed E-state index contributed by atoms with van der Waals surface area (Å²) < 4.78 is 53.7. The number of rotatable bonds is 4. The topological polar surface area (TPSA) is 54.3 Å². The van der Waals surface area contributed by atoms with Crippen LogP contribution in [0.25, 0.3) is 0 Å². The average Bonchev–Trinajstić information content (AvgIpc) is 3.17. The first kappa shape index (κ1) is 23.1. The molecule has 2 aliphatic heterocycles. The van der Waals surface area contributed by atoms with E-state index in [4.69, 9.17) is 0 Å². The summed E-state index contributed by atoms with van der Waals surface area (Å²) in [4.78, 5) is 20.9. The molecule has 4 aliphatic rings. The number of thioether (sulfide) groups is 1. The molecular weight excluding hydrogens is 482 g/mol. The molecule has 2 spiro atoms. The number of nitrogens with zero attached hydrogens (tertiary/aromatic N) is 5. The van der Waals surface area contributed by atoms with E-state index < -0.39 is 12.0 Å². The molecule has 35 heavy (non-hydrogen) atoms. The van der Waals surface area contributed by atoms with Crippen molar-refractivity contribution >= 4 is 17.8 Å². The Labute approximate surface area is 205 Å². The normalized spacial score (nSPS) is 23.1. The van der Waals surface area contributed by atoms with Gasteiger partial charge >= 0.3 is 12.2 Å². The van der Waals surface area contributed by atoms with E-state index in [-0.39, 0.29) is 28.7 Å². The molecule has 3 heterocycles. The fourth-order valence-electron chi connectivity index (χ4n) is 6.66. The van der Waals surface area contributed by atoms with Crippen LogP contribution in [0.2, 0.25) is 0 Å². The molecule has 1 aromatic heterocycles. The van der Waals surface area contributed by atoms with E-state index in [0.29, 0.717) is 19.0 Å². The zero-order valence-electron chi connectivity index (χ0n) is 19.4. The second-order valence-electron chi connectivity index (χ2n) is 11.0. The number of carbonyl (C=O) groups is 1. The van der Waals surface area contributed by atoms with Crippen molar-refractivity contribution in [3.05, 3.63) is 41.7 Å². The largest absolute Gasteiger partial charge is 0.453 e. The Balaban J connectivity index is 0.934. The molecule has 6 nitrogen and oxygen atoms in total. The fourth-order valence-corrected chi connectivity index (χ4v) is 7.09. The van der Waals surface area contributed by atoms with Crippen molar-refractivity contribution in [2.45, 2.75) is 49.2 Å². The molecular formula is C24H27F4N5OS. The van der Waals surface area contributed by atoms with Crippen LogP contribution in [0, 0.1) is 22.6 Å². The number of likely N-dealkylation sites (tertiary alicyclic amines) is 2. The van der Waals surface area contributed by atoms with Gasteiger partial charge in [0.2, 0.25) is 0 Å². The molecule has 11 heteroatoms. The molecule has 4 fully saturated rings. The number of hydrogen-bond donors (Lipinski definition) is 0.